The average molecular weight is 399 g/mol. The minimum Gasteiger partial charge on any atom is -0.370 e. The molecule has 0 spiro atoms. The number of hydrogen-bond acceptors (Lipinski definition) is 4. The van der Waals surface area contributed by atoms with Gasteiger partial charge in [0.1, 0.15) is 11.6 Å². The zero-order chi connectivity index (χ0) is 20.0. The van der Waals surface area contributed by atoms with Crippen LogP contribution in [0.1, 0.15) is 17.5 Å². The van der Waals surface area contributed by atoms with Gasteiger partial charge in [0.2, 0.25) is 0 Å². The van der Waals surface area contributed by atoms with Gasteiger partial charge >= 0.3 is 0 Å². The standard InChI is InChI=1S/C21H22FN3O2S/c1-16-14-19(10-11-20(16)22)28(26,27)25-18-9-12-21(24-15-18)23-13-5-8-17-6-3-2-4-7-17/h2-4,6-7,9-12,14-15,25H,5,8,13H2,1H3,(H,23,24). The van der Waals surface area contributed by atoms with E-state index in [2.05, 4.69) is 27.2 Å². The predicted octanol–water partition coefficient (Wildman–Crippen LogP) is 4.37. The molecule has 0 amide bonds. The molecule has 7 heteroatoms. The number of hydrogen-bond donors (Lipinski definition) is 2. The number of anilines is 2. The van der Waals surface area contributed by atoms with Gasteiger partial charge < -0.3 is 5.32 Å². The Bertz CT molecular complexity index is 1020. The van der Waals surface area contributed by atoms with Gasteiger partial charge in [-0.1, -0.05) is 30.3 Å². The Morgan fingerprint density at radius 1 is 1.04 bits per heavy atom. The Morgan fingerprint density at radius 2 is 1.82 bits per heavy atom. The van der Waals surface area contributed by atoms with Crippen molar-refractivity contribution in [2.75, 3.05) is 16.6 Å². The van der Waals surface area contributed by atoms with Crippen molar-refractivity contribution in [3.05, 3.63) is 83.8 Å². The highest BCUT2D eigenvalue weighted by atomic mass is 32.2. The molecule has 0 bridgehead atoms. The first kappa shape index (κ1) is 19.8. The van der Waals surface area contributed by atoms with E-state index in [0.29, 0.717) is 11.5 Å². The lowest BCUT2D eigenvalue weighted by molar-refractivity contribution is 0.598. The van der Waals surface area contributed by atoms with E-state index in [4.69, 9.17) is 0 Å². The second kappa shape index (κ2) is 8.84. The number of benzene rings is 2. The summed E-state index contributed by atoms with van der Waals surface area (Å²) in [7, 11) is -3.79. The van der Waals surface area contributed by atoms with Gasteiger partial charge in [-0.3, -0.25) is 4.72 Å². The summed E-state index contributed by atoms with van der Waals surface area (Å²) in [5.41, 5.74) is 1.91. The predicted molar refractivity (Wildman–Crippen MR) is 109 cm³/mol. The van der Waals surface area contributed by atoms with Crippen LogP contribution < -0.4 is 10.0 Å². The third kappa shape index (κ3) is 5.29. The van der Waals surface area contributed by atoms with Gasteiger partial charge in [0.25, 0.3) is 10.0 Å². The monoisotopic (exact) mass is 399 g/mol. The number of halogens is 1. The van der Waals surface area contributed by atoms with Gasteiger partial charge in [0.15, 0.2) is 0 Å². The molecule has 0 aliphatic heterocycles. The number of pyridine rings is 1. The molecule has 1 heterocycles. The summed E-state index contributed by atoms with van der Waals surface area (Å²) in [5.74, 6) is 0.233. The highest BCUT2D eigenvalue weighted by molar-refractivity contribution is 7.92. The zero-order valence-corrected chi connectivity index (χ0v) is 16.3. The van der Waals surface area contributed by atoms with Gasteiger partial charge in [-0.25, -0.2) is 17.8 Å². The fraction of sp³-hybridized carbons (Fsp3) is 0.190. The molecule has 2 aromatic carbocycles. The van der Waals surface area contributed by atoms with E-state index in [-0.39, 0.29) is 10.5 Å². The molecule has 0 unspecified atom stereocenters. The van der Waals surface area contributed by atoms with Crippen molar-refractivity contribution in [2.24, 2.45) is 0 Å². The van der Waals surface area contributed by atoms with Crippen LogP contribution in [0.25, 0.3) is 0 Å². The van der Waals surface area contributed by atoms with Crippen molar-refractivity contribution >= 4 is 21.5 Å². The molecule has 28 heavy (non-hydrogen) atoms. The molecule has 0 aliphatic carbocycles. The normalized spacial score (nSPS) is 11.2. The smallest absolute Gasteiger partial charge is 0.261 e. The fourth-order valence-corrected chi connectivity index (χ4v) is 3.84. The van der Waals surface area contributed by atoms with Crippen molar-refractivity contribution in [1.82, 2.24) is 4.98 Å². The largest absolute Gasteiger partial charge is 0.370 e. The second-order valence-corrected chi connectivity index (χ2v) is 8.15. The lowest BCUT2D eigenvalue weighted by atomic mass is 10.1. The van der Waals surface area contributed by atoms with Crippen LogP contribution in [-0.4, -0.2) is 19.9 Å². The first-order chi connectivity index (χ1) is 13.4. The van der Waals surface area contributed by atoms with Crippen LogP contribution in [-0.2, 0) is 16.4 Å². The van der Waals surface area contributed by atoms with Crippen molar-refractivity contribution < 1.29 is 12.8 Å². The zero-order valence-electron chi connectivity index (χ0n) is 15.5. The quantitative estimate of drug-likeness (QED) is 0.552. The highest BCUT2D eigenvalue weighted by Gasteiger charge is 2.15. The van der Waals surface area contributed by atoms with Crippen LogP contribution in [0.3, 0.4) is 0 Å². The number of nitrogens with one attached hydrogen (secondary N) is 2. The Balaban J connectivity index is 1.54. The van der Waals surface area contributed by atoms with E-state index in [1.54, 1.807) is 12.1 Å². The minimum absolute atomic E-state index is 0.00881. The van der Waals surface area contributed by atoms with Crippen LogP contribution in [0.2, 0.25) is 0 Å². The lowest BCUT2D eigenvalue weighted by Gasteiger charge is -2.10. The molecular weight excluding hydrogens is 377 g/mol. The molecule has 5 nitrogen and oxygen atoms in total. The van der Waals surface area contributed by atoms with Gasteiger partial charge in [-0.2, -0.15) is 0 Å². The van der Waals surface area contributed by atoms with E-state index in [0.717, 1.165) is 25.5 Å². The summed E-state index contributed by atoms with van der Waals surface area (Å²) in [6, 6.07) is 17.3. The molecule has 0 saturated carbocycles. The number of nitrogens with zero attached hydrogens (tertiary/aromatic N) is 1. The Morgan fingerprint density at radius 3 is 2.50 bits per heavy atom. The molecule has 2 N–H and O–H groups in total. The van der Waals surface area contributed by atoms with E-state index >= 15 is 0 Å². The van der Waals surface area contributed by atoms with Gasteiger partial charge in [-0.05, 0) is 61.2 Å². The Hall–Kier alpha value is -2.93. The molecule has 0 atom stereocenters. The highest BCUT2D eigenvalue weighted by Crippen LogP contribution is 2.19. The van der Waals surface area contributed by atoms with Crippen LogP contribution in [0.4, 0.5) is 15.9 Å². The maximum absolute atomic E-state index is 13.3. The first-order valence-electron chi connectivity index (χ1n) is 8.97. The van der Waals surface area contributed by atoms with Crippen LogP contribution in [0, 0.1) is 12.7 Å². The summed E-state index contributed by atoms with van der Waals surface area (Å²) in [6.07, 6.45) is 3.39. The van der Waals surface area contributed by atoms with Crippen LogP contribution in [0.15, 0.2) is 71.8 Å². The molecule has 146 valence electrons. The number of sulfonamides is 1. The topological polar surface area (TPSA) is 71.1 Å². The third-order valence-electron chi connectivity index (χ3n) is 4.25. The van der Waals surface area contributed by atoms with Gasteiger partial charge in [0.05, 0.1) is 16.8 Å². The van der Waals surface area contributed by atoms with E-state index in [9.17, 15) is 12.8 Å². The Kier molecular flexibility index (Phi) is 6.26. The fourth-order valence-electron chi connectivity index (χ4n) is 2.71. The van der Waals surface area contributed by atoms with E-state index in [1.807, 2.05) is 18.2 Å². The molecule has 0 fully saturated rings. The summed E-state index contributed by atoms with van der Waals surface area (Å²) < 4.78 is 40.6. The lowest BCUT2D eigenvalue weighted by Crippen LogP contribution is -2.13. The van der Waals surface area contributed by atoms with Gasteiger partial charge in [-0.15, -0.1) is 0 Å². The molecule has 1 aromatic heterocycles. The molecule has 0 radical (unpaired) electrons. The summed E-state index contributed by atoms with van der Waals surface area (Å²) >= 11 is 0. The molecule has 3 rings (SSSR count). The Labute approximate surface area is 164 Å². The number of aromatic nitrogens is 1. The maximum Gasteiger partial charge on any atom is 0.261 e. The van der Waals surface area contributed by atoms with Crippen molar-refractivity contribution in [3.63, 3.8) is 0 Å². The van der Waals surface area contributed by atoms with Crippen molar-refractivity contribution in [3.8, 4) is 0 Å². The molecule has 3 aromatic rings. The summed E-state index contributed by atoms with van der Waals surface area (Å²) in [5, 5.41) is 3.22. The molecular formula is C21H22FN3O2S. The number of aryl methyl sites for hydroxylation is 2. The third-order valence-corrected chi connectivity index (χ3v) is 5.63. The number of rotatable bonds is 8. The average Bonchev–Trinajstić information content (AvgIpc) is 2.69. The second-order valence-electron chi connectivity index (χ2n) is 6.46. The minimum atomic E-state index is -3.79. The first-order valence-corrected chi connectivity index (χ1v) is 10.5. The van der Waals surface area contributed by atoms with Crippen LogP contribution in [0.5, 0.6) is 0 Å². The van der Waals surface area contributed by atoms with Crippen molar-refractivity contribution in [1.29, 1.82) is 0 Å². The van der Waals surface area contributed by atoms with Crippen molar-refractivity contribution in [2.45, 2.75) is 24.7 Å². The summed E-state index contributed by atoms with van der Waals surface area (Å²) in [4.78, 5) is 4.24. The van der Waals surface area contributed by atoms with Crippen LogP contribution >= 0.6 is 0 Å². The molecule has 0 aliphatic rings. The maximum atomic E-state index is 13.3. The molecule has 0 saturated heterocycles. The van der Waals surface area contributed by atoms with E-state index in [1.165, 1.54) is 30.8 Å². The SMILES string of the molecule is Cc1cc(S(=O)(=O)Nc2ccc(NCCCc3ccccc3)nc2)ccc1F. The summed E-state index contributed by atoms with van der Waals surface area (Å²) in [6.45, 7) is 2.29. The van der Waals surface area contributed by atoms with E-state index < -0.39 is 15.8 Å². The van der Waals surface area contributed by atoms with Gasteiger partial charge in [0, 0.05) is 6.54 Å².